The molecule has 0 saturated heterocycles. The van der Waals surface area contributed by atoms with E-state index in [1.54, 1.807) is 0 Å². The van der Waals surface area contributed by atoms with Crippen LogP contribution in [0.15, 0.2) is 30.3 Å². The standard InChI is InChI=1S/C6H5B.11Ar.2H2O/c7-6-4-2-1-3-5-6;;;;;;;;;;;;;/h1-5H;;;;;;;;;;;;2*1H2/q+2;;;;;;;;;;;;;/p-2. The van der Waals surface area contributed by atoms with Crippen molar-refractivity contribution in [1.82, 2.24) is 0 Å². The Morgan fingerprint density at radius 2 is 0.650 bits per heavy atom. The van der Waals surface area contributed by atoms with E-state index in [-0.39, 0.29) is 426 Å². The quantitative estimate of drug-likeness (QED) is 0.423. The van der Waals surface area contributed by atoms with Gasteiger partial charge < -0.3 is 11.0 Å². The fourth-order valence-electron chi connectivity index (χ4n) is 0.453. The van der Waals surface area contributed by atoms with E-state index in [0.717, 1.165) is 5.46 Å². The summed E-state index contributed by atoms with van der Waals surface area (Å²) in [5.41, 5.74) is 0.822. The SMILES string of the molecule is [Ar].[Ar].[Ar].[Ar].[Ar].[Ar].[Ar].[Ar].[Ar].[Ar].[Ar].[B+2]c1ccccc1.[OH-].[OH-]. The molecule has 0 aromatic heterocycles. The molecule has 1 aromatic carbocycles. The second-order valence-corrected chi connectivity index (χ2v) is 1.41. The fourth-order valence-corrected chi connectivity index (χ4v) is 0.453. The molecule has 1 rings (SSSR count). The molecule has 2 nitrogen and oxygen atoms in total. The molecule has 0 radical (unpaired) electrons. The summed E-state index contributed by atoms with van der Waals surface area (Å²) in [6.45, 7) is 0. The minimum absolute atomic E-state index is 0. The van der Waals surface area contributed by atoms with E-state index >= 15 is 0 Å². The molecule has 0 heterocycles. The van der Waals surface area contributed by atoms with Gasteiger partial charge in [-0.15, -0.1) is 0 Å². The van der Waals surface area contributed by atoms with Gasteiger partial charge in [0, 0.05) is 415 Å². The molecule has 0 amide bonds. The van der Waals surface area contributed by atoms with Crippen molar-refractivity contribution in [3.8, 4) is 0 Å². The van der Waals surface area contributed by atoms with Crippen LogP contribution in [0.5, 0.6) is 0 Å². The van der Waals surface area contributed by atoms with Crippen LogP contribution in [0, 0.1) is 415 Å². The van der Waals surface area contributed by atoms with Gasteiger partial charge >= 0.3 is 43.6 Å². The maximum Gasteiger partial charge on any atom is -0.870 e. The van der Waals surface area contributed by atoms with Gasteiger partial charge in [0.05, 0.1) is 0 Å². The van der Waals surface area contributed by atoms with Gasteiger partial charge in [0.15, 0.2) is 0 Å². The Morgan fingerprint density at radius 3 is 0.750 bits per heavy atom. The van der Waals surface area contributed by atoms with Crippen LogP contribution in [0.1, 0.15) is 0 Å². The van der Waals surface area contributed by atoms with Crippen LogP contribution in [-0.4, -0.2) is 18.8 Å². The van der Waals surface area contributed by atoms with Gasteiger partial charge in [-0.1, -0.05) is 0 Å². The van der Waals surface area contributed by atoms with E-state index in [0.29, 0.717) is 0 Å². The average Bonchev–Trinajstić information content (AvgIpc) is 1.69. The van der Waals surface area contributed by atoms with Crippen molar-refractivity contribution in [2.45, 2.75) is 0 Å². The van der Waals surface area contributed by atoms with Crippen LogP contribution in [0.25, 0.3) is 0 Å². The molecular weight excluding hydrogens is 554 g/mol. The van der Waals surface area contributed by atoms with Crippen molar-refractivity contribution in [2.24, 2.45) is 0 Å². The van der Waals surface area contributed by atoms with E-state index in [4.69, 9.17) is 7.85 Å². The van der Waals surface area contributed by atoms with Gasteiger partial charge in [-0.05, 0) is 0 Å². The van der Waals surface area contributed by atoms with E-state index in [9.17, 15) is 0 Å². The van der Waals surface area contributed by atoms with Crippen LogP contribution in [0.3, 0.4) is 0 Å². The predicted octanol–water partition coefficient (Wildman–Crippen LogP) is 0.127. The molecule has 2 N–H and O–H groups in total. The number of rotatable bonds is 0. The molecule has 134 valence electrons. The average molecular weight is 561 g/mol. The molecule has 0 fully saturated rings. The molecule has 0 saturated carbocycles. The monoisotopic (exact) mass is 562 g/mol. The Bertz CT molecular complexity index is 161. The number of hydrogen-bond donors (Lipinski definition) is 0. The van der Waals surface area contributed by atoms with Gasteiger partial charge in [-0.2, -0.15) is 0 Å². The Hall–Kier alpha value is 13.1. The third-order valence-corrected chi connectivity index (χ3v) is 0.800. The van der Waals surface area contributed by atoms with Crippen molar-refractivity contribution >= 4 is 13.3 Å². The summed E-state index contributed by atoms with van der Waals surface area (Å²) in [4.78, 5) is 0. The first kappa shape index (κ1) is 84.4. The summed E-state index contributed by atoms with van der Waals surface area (Å²) < 4.78 is 0. The fraction of sp³-hybridized carbons (Fsp3) is 0. The molecule has 0 spiro atoms. The van der Waals surface area contributed by atoms with Crippen LogP contribution in [0.4, 0.5) is 0 Å². The molecule has 20 heavy (non-hydrogen) atoms. The minimum atomic E-state index is 0. The summed E-state index contributed by atoms with van der Waals surface area (Å²) in [7, 11) is 5.36. The maximum atomic E-state index is 5.36. The normalized spacial score (nSPS) is 3.10. The first-order valence-electron chi connectivity index (χ1n) is 2.20. The van der Waals surface area contributed by atoms with Crippen LogP contribution < -0.4 is 5.46 Å². The van der Waals surface area contributed by atoms with E-state index in [2.05, 4.69) is 0 Å². The molecule has 0 unspecified atom stereocenters. The van der Waals surface area contributed by atoms with Gasteiger partial charge in [-0.25, -0.2) is 0 Å². The van der Waals surface area contributed by atoms with Crippen LogP contribution in [-0.2, 0) is 0 Å². The zero-order valence-corrected chi connectivity index (χ0v) is 16.5. The van der Waals surface area contributed by atoms with Crippen molar-refractivity contribution in [2.75, 3.05) is 0 Å². The molecular formula is C6H7Ar11BO2. The molecule has 0 bridgehead atoms. The predicted molar refractivity (Wildman–Crippen MR) is 35.7 cm³/mol. The molecule has 14 heteroatoms. The van der Waals surface area contributed by atoms with Crippen molar-refractivity contribution in [1.29, 1.82) is 0 Å². The maximum absolute atomic E-state index is 5.36. The molecule has 0 aliphatic heterocycles. The number of hydrogen-bond acceptors (Lipinski definition) is 2. The first-order valence-corrected chi connectivity index (χ1v) is 2.20. The van der Waals surface area contributed by atoms with E-state index in [1.807, 2.05) is 30.3 Å². The van der Waals surface area contributed by atoms with E-state index < -0.39 is 0 Å². The van der Waals surface area contributed by atoms with Crippen molar-refractivity contribution < 1.29 is 426 Å². The van der Waals surface area contributed by atoms with Crippen molar-refractivity contribution in [3.05, 3.63) is 30.3 Å². The smallest absolute Gasteiger partial charge is 0.870 e. The molecule has 0 aliphatic carbocycles. The summed E-state index contributed by atoms with van der Waals surface area (Å²) in [6, 6.07) is 9.49. The third kappa shape index (κ3) is 63.3. The second kappa shape index (κ2) is 69.7. The molecule has 0 aliphatic rings. The topological polar surface area (TPSA) is 60.0 Å². The minimum Gasteiger partial charge on any atom is -0.870 e. The first-order chi connectivity index (χ1) is 3.39. The summed E-state index contributed by atoms with van der Waals surface area (Å²) in [5, 5.41) is 0. The summed E-state index contributed by atoms with van der Waals surface area (Å²) in [5.74, 6) is 0. The van der Waals surface area contributed by atoms with Crippen LogP contribution in [0.2, 0.25) is 0 Å². The largest absolute Gasteiger partial charge is 0.870 e. The Kier molecular flexibility index (Phi) is 294. The Morgan fingerprint density at radius 1 is 0.450 bits per heavy atom. The van der Waals surface area contributed by atoms with Gasteiger partial charge in [0.25, 0.3) is 0 Å². The Balaban J connectivity index is -0.00000000343. The third-order valence-electron chi connectivity index (χ3n) is 0.800. The van der Waals surface area contributed by atoms with Crippen molar-refractivity contribution in [3.63, 3.8) is 0 Å². The van der Waals surface area contributed by atoms with E-state index in [1.165, 1.54) is 0 Å². The Labute approximate surface area is 453 Å². The number of benzene rings is 1. The zero-order chi connectivity index (χ0) is 5.11. The summed E-state index contributed by atoms with van der Waals surface area (Å²) in [6.07, 6.45) is 0. The van der Waals surface area contributed by atoms with Gasteiger partial charge in [-0.3, -0.25) is 0 Å². The zero-order valence-electron chi connectivity index (χ0n) is 8.75. The summed E-state index contributed by atoms with van der Waals surface area (Å²) >= 11 is 0. The van der Waals surface area contributed by atoms with Crippen LogP contribution >= 0.6 is 0 Å². The molecule has 0 atom stereocenters. The van der Waals surface area contributed by atoms with Gasteiger partial charge in [0.1, 0.15) is 0 Å². The van der Waals surface area contributed by atoms with Gasteiger partial charge in [0.2, 0.25) is 0 Å². The second-order valence-electron chi connectivity index (χ2n) is 1.41. The molecule has 1 aromatic rings.